The fourth-order valence-electron chi connectivity index (χ4n) is 2.23. The summed E-state index contributed by atoms with van der Waals surface area (Å²) in [6.45, 7) is 6.49. The highest BCUT2D eigenvalue weighted by Crippen LogP contribution is 2.26. The molecule has 1 aromatic heterocycles. The Kier molecular flexibility index (Phi) is 5.70. The molecule has 1 atom stereocenters. The third-order valence-corrected chi connectivity index (χ3v) is 3.54. The molecule has 1 heterocycles. The Morgan fingerprint density at radius 1 is 1.35 bits per heavy atom. The van der Waals surface area contributed by atoms with E-state index in [1.54, 1.807) is 0 Å². The van der Waals surface area contributed by atoms with Gasteiger partial charge in [0.15, 0.2) is 0 Å². The van der Waals surface area contributed by atoms with Gasteiger partial charge in [0.2, 0.25) is 0 Å². The number of fused-ring (bicyclic) bond motifs is 1. The van der Waals surface area contributed by atoms with Crippen LogP contribution in [0, 0.1) is 0 Å². The van der Waals surface area contributed by atoms with Gasteiger partial charge in [0.1, 0.15) is 5.82 Å². The van der Waals surface area contributed by atoms with Crippen molar-refractivity contribution in [3.63, 3.8) is 0 Å². The Bertz CT molecular complexity index is 566. The maximum absolute atomic E-state index is 6.23. The Morgan fingerprint density at radius 3 is 2.85 bits per heavy atom. The second-order valence-electron chi connectivity index (χ2n) is 4.84. The number of alkyl halides is 1. The number of hydrogen-bond acceptors (Lipinski definition) is 2. The number of aromatic nitrogens is 2. The lowest BCUT2D eigenvalue weighted by molar-refractivity contribution is 0.129. The van der Waals surface area contributed by atoms with Crippen molar-refractivity contribution in [3.05, 3.63) is 29.0 Å². The number of rotatable bonds is 7. The minimum Gasteiger partial charge on any atom is -0.381 e. The summed E-state index contributed by atoms with van der Waals surface area (Å²) in [7, 11) is 0. The van der Waals surface area contributed by atoms with Crippen LogP contribution in [0.25, 0.3) is 11.0 Å². The van der Waals surface area contributed by atoms with Gasteiger partial charge in [-0.1, -0.05) is 18.5 Å². The van der Waals surface area contributed by atoms with Gasteiger partial charge in [0.05, 0.1) is 16.4 Å². The number of nitrogens with zero attached hydrogens (tertiary/aromatic N) is 2. The minimum atomic E-state index is -0.127. The van der Waals surface area contributed by atoms with E-state index < -0.39 is 0 Å². The molecular weight excluding hydrogens is 295 g/mol. The molecule has 0 saturated carbocycles. The summed E-state index contributed by atoms with van der Waals surface area (Å²) in [5.41, 5.74) is 1.97. The molecule has 1 unspecified atom stereocenters. The van der Waals surface area contributed by atoms with E-state index in [0.29, 0.717) is 5.02 Å². The van der Waals surface area contributed by atoms with Crippen molar-refractivity contribution < 1.29 is 4.74 Å². The molecule has 0 bridgehead atoms. The molecule has 1 aromatic carbocycles. The summed E-state index contributed by atoms with van der Waals surface area (Å²) in [6, 6.07) is 5.77. The van der Waals surface area contributed by atoms with Gasteiger partial charge in [-0.15, -0.1) is 11.6 Å². The van der Waals surface area contributed by atoms with Gasteiger partial charge < -0.3 is 9.30 Å². The van der Waals surface area contributed by atoms with Crippen molar-refractivity contribution in [3.8, 4) is 0 Å². The molecule has 5 heteroatoms. The summed E-state index contributed by atoms with van der Waals surface area (Å²) >= 11 is 12.3. The summed E-state index contributed by atoms with van der Waals surface area (Å²) in [4.78, 5) is 4.59. The zero-order valence-electron chi connectivity index (χ0n) is 11.9. The first-order valence-corrected chi connectivity index (χ1v) is 7.82. The van der Waals surface area contributed by atoms with Gasteiger partial charge >= 0.3 is 0 Å². The lowest BCUT2D eigenvalue weighted by atomic mass is 10.3. The molecule has 0 spiro atoms. The van der Waals surface area contributed by atoms with Crippen LogP contribution in [0.3, 0.4) is 0 Å². The monoisotopic (exact) mass is 314 g/mol. The zero-order chi connectivity index (χ0) is 14.5. The highest BCUT2D eigenvalue weighted by atomic mass is 35.5. The fraction of sp³-hybridized carbons (Fsp3) is 0.533. The molecule has 0 aliphatic heterocycles. The third-order valence-electron chi connectivity index (χ3n) is 3.11. The van der Waals surface area contributed by atoms with Gasteiger partial charge in [-0.05, 0) is 38.0 Å². The van der Waals surface area contributed by atoms with E-state index in [9.17, 15) is 0 Å². The van der Waals surface area contributed by atoms with Crippen LogP contribution in [0.2, 0.25) is 5.02 Å². The number of hydrogen-bond donors (Lipinski definition) is 0. The van der Waals surface area contributed by atoms with Gasteiger partial charge in [-0.3, -0.25) is 0 Å². The van der Waals surface area contributed by atoms with Gasteiger partial charge in [0, 0.05) is 24.8 Å². The predicted molar refractivity (Wildman–Crippen MR) is 84.7 cm³/mol. The molecule has 110 valence electrons. The lowest BCUT2D eigenvalue weighted by Gasteiger charge is -2.10. The average Bonchev–Trinajstić information content (AvgIpc) is 2.76. The first-order valence-electron chi connectivity index (χ1n) is 7.01. The predicted octanol–water partition coefficient (Wildman–Crippen LogP) is 4.81. The fourth-order valence-corrected chi connectivity index (χ4v) is 2.56. The average molecular weight is 315 g/mol. The lowest BCUT2D eigenvalue weighted by Crippen LogP contribution is -2.07. The second-order valence-corrected chi connectivity index (χ2v) is 5.93. The van der Waals surface area contributed by atoms with Crippen LogP contribution in [0.5, 0.6) is 0 Å². The number of benzene rings is 1. The molecule has 20 heavy (non-hydrogen) atoms. The molecule has 0 fully saturated rings. The second kappa shape index (κ2) is 7.30. The van der Waals surface area contributed by atoms with Gasteiger partial charge in [-0.2, -0.15) is 0 Å². The molecule has 2 aromatic rings. The molecule has 0 radical (unpaired) electrons. The Hall–Kier alpha value is -0.770. The normalized spacial score (nSPS) is 13.0. The third kappa shape index (κ3) is 3.66. The standard InChI is InChI=1S/C15H20Cl2N2O/c1-3-8-20-9-4-7-19-14-6-5-12(17)10-13(14)18-15(19)11(2)16/h5-6,10-11H,3-4,7-9H2,1-2H3. The SMILES string of the molecule is CCCOCCCn1c(C(C)Cl)nc2cc(Cl)ccc21. The molecule has 0 N–H and O–H groups in total. The number of aryl methyl sites for hydroxylation is 1. The molecule has 2 rings (SSSR count). The van der Waals surface area contributed by atoms with Gasteiger partial charge in [0.25, 0.3) is 0 Å². The van der Waals surface area contributed by atoms with E-state index in [2.05, 4.69) is 16.5 Å². The topological polar surface area (TPSA) is 27.1 Å². The summed E-state index contributed by atoms with van der Waals surface area (Å²) in [5, 5.41) is 0.569. The first kappa shape index (κ1) is 15.6. The van der Waals surface area contributed by atoms with Crippen LogP contribution in [0.15, 0.2) is 18.2 Å². The van der Waals surface area contributed by atoms with Crippen molar-refractivity contribution >= 4 is 34.2 Å². The number of imidazole rings is 1. The van der Waals surface area contributed by atoms with Crippen molar-refractivity contribution in [1.29, 1.82) is 0 Å². The van der Waals surface area contributed by atoms with E-state index in [1.807, 2.05) is 25.1 Å². The van der Waals surface area contributed by atoms with E-state index >= 15 is 0 Å². The number of ether oxygens (including phenoxy) is 1. The van der Waals surface area contributed by atoms with Crippen LogP contribution >= 0.6 is 23.2 Å². The van der Waals surface area contributed by atoms with E-state index in [-0.39, 0.29) is 5.38 Å². The molecular formula is C15H20Cl2N2O. The van der Waals surface area contributed by atoms with Crippen LogP contribution in [0.1, 0.15) is 37.9 Å². The molecule has 3 nitrogen and oxygen atoms in total. The highest BCUT2D eigenvalue weighted by Gasteiger charge is 2.14. The van der Waals surface area contributed by atoms with Crippen molar-refractivity contribution in [2.75, 3.05) is 13.2 Å². The van der Waals surface area contributed by atoms with Gasteiger partial charge in [-0.25, -0.2) is 4.98 Å². The quantitative estimate of drug-likeness (QED) is 0.542. The Morgan fingerprint density at radius 2 is 2.15 bits per heavy atom. The van der Waals surface area contributed by atoms with Crippen molar-refractivity contribution in [2.24, 2.45) is 0 Å². The van der Waals surface area contributed by atoms with Crippen LogP contribution in [0.4, 0.5) is 0 Å². The van der Waals surface area contributed by atoms with Crippen molar-refractivity contribution in [1.82, 2.24) is 9.55 Å². The molecule has 0 aliphatic rings. The van der Waals surface area contributed by atoms with Crippen LogP contribution in [-0.4, -0.2) is 22.8 Å². The smallest absolute Gasteiger partial charge is 0.127 e. The Labute approximate surface area is 129 Å². The maximum atomic E-state index is 6.23. The molecule has 0 saturated heterocycles. The highest BCUT2D eigenvalue weighted by molar-refractivity contribution is 6.31. The minimum absolute atomic E-state index is 0.127. The maximum Gasteiger partial charge on any atom is 0.127 e. The molecule has 0 aliphatic carbocycles. The zero-order valence-corrected chi connectivity index (χ0v) is 13.4. The van der Waals surface area contributed by atoms with Crippen LogP contribution < -0.4 is 0 Å². The molecule has 0 amide bonds. The van der Waals surface area contributed by atoms with E-state index in [1.165, 1.54) is 0 Å². The largest absolute Gasteiger partial charge is 0.381 e. The summed E-state index contributed by atoms with van der Waals surface area (Å²) in [5.74, 6) is 0.888. The van der Waals surface area contributed by atoms with E-state index in [0.717, 1.165) is 49.5 Å². The van der Waals surface area contributed by atoms with E-state index in [4.69, 9.17) is 27.9 Å². The van der Waals surface area contributed by atoms with Crippen LogP contribution in [-0.2, 0) is 11.3 Å². The Balaban J connectivity index is 2.18. The summed E-state index contributed by atoms with van der Waals surface area (Å²) < 4.78 is 7.69. The first-order chi connectivity index (χ1) is 9.63. The van der Waals surface area contributed by atoms with Crippen molar-refractivity contribution in [2.45, 2.75) is 38.6 Å². The summed E-state index contributed by atoms with van der Waals surface area (Å²) in [6.07, 6.45) is 2.00. The number of halogens is 2.